The second kappa shape index (κ2) is 4.04. The minimum absolute atomic E-state index is 0.218. The van der Waals surface area contributed by atoms with Gasteiger partial charge >= 0.3 is 0 Å². The molecule has 0 aromatic heterocycles. The number of hydrogen-bond acceptors (Lipinski definition) is 4. The number of rotatable bonds is 3. The Morgan fingerprint density at radius 3 is 2.93 bits per heavy atom. The van der Waals surface area contributed by atoms with Crippen LogP contribution in [0.25, 0.3) is 0 Å². The Kier molecular flexibility index (Phi) is 2.77. The van der Waals surface area contributed by atoms with Crippen molar-refractivity contribution in [3.05, 3.63) is 22.7 Å². The van der Waals surface area contributed by atoms with Gasteiger partial charge in [-0.25, -0.2) is 5.90 Å². The van der Waals surface area contributed by atoms with E-state index < -0.39 is 0 Å². The van der Waals surface area contributed by atoms with Crippen molar-refractivity contribution in [3.63, 3.8) is 0 Å². The molecule has 2 N–H and O–H groups in total. The smallest absolute Gasteiger partial charge is 0.231 e. The summed E-state index contributed by atoms with van der Waals surface area (Å²) in [6.45, 7) is 0.660. The minimum atomic E-state index is 0.218. The molecule has 1 heterocycles. The van der Waals surface area contributed by atoms with Crippen LogP contribution in [0.15, 0.2) is 12.1 Å². The van der Waals surface area contributed by atoms with Gasteiger partial charge in [0.25, 0.3) is 0 Å². The predicted molar refractivity (Wildman–Crippen MR) is 51.4 cm³/mol. The molecular formula is C9H10ClNO3. The van der Waals surface area contributed by atoms with Gasteiger partial charge in [-0.15, -0.1) is 0 Å². The highest BCUT2D eigenvalue weighted by Gasteiger charge is 2.20. The highest BCUT2D eigenvalue weighted by molar-refractivity contribution is 6.32. The van der Waals surface area contributed by atoms with Crippen LogP contribution in [0.3, 0.4) is 0 Å². The minimum Gasteiger partial charge on any atom is -0.453 e. The van der Waals surface area contributed by atoms with Crippen molar-refractivity contribution in [2.24, 2.45) is 5.90 Å². The molecule has 1 aliphatic heterocycles. The third-order valence-electron chi connectivity index (χ3n) is 2.04. The fourth-order valence-electron chi connectivity index (χ4n) is 1.39. The van der Waals surface area contributed by atoms with Crippen molar-refractivity contribution >= 4 is 11.6 Å². The lowest BCUT2D eigenvalue weighted by atomic mass is 10.1. The molecule has 0 saturated heterocycles. The Labute approximate surface area is 86.5 Å². The monoisotopic (exact) mass is 215 g/mol. The quantitative estimate of drug-likeness (QED) is 0.777. The van der Waals surface area contributed by atoms with E-state index in [1.54, 1.807) is 6.07 Å². The molecule has 0 atom stereocenters. The van der Waals surface area contributed by atoms with Gasteiger partial charge in [-0.2, -0.15) is 0 Å². The number of benzene rings is 1. The van der Waals surface area contributed by atoms with E-state index in [-0.39, 0.29) is 6.79 Å². The Hall–Kier alpha value is -0.970. The lowest BCUT2D eigenvalue weighted by molar-refractivity contribution is 0.139. The number of hydrogen-bond donors (Lipinski definition) is 1. The molecule has 2 rings (SSSR count). The second-order valence-corrected chi connectivity index (χ2v) is 3.30. The predicted octanol–water partition coefficient (Wildman–Crippen LogP) is 1.50. The molecule has 0 saturated carbocycles. The lowest BCUT2D eigenvalue weighted by Crippen LogP contribution is -2.04. The maximum atomic E-state index is 5.91. The van der Waals surface area contributed by atoms with E-state index in [0.29, 0.717) is 29.5 Å². The standard InChI is InChI=1S/C9H10ClNO3/c10-7-2-1-6(3-4-14-11)8-9(7)13-5-12-8/h1-2H,3-5,11H2. The molecule has 1 aromatic rings. The molecule has 14 heavy (non-hydrogen) atoms. The molecule has 0 unspecified atom stereocenters. The number of nitrogens with two attached hydrogens (primary N) is 1. The van der Waals surface area contributed by atoms with Gasteiger partial charge in [-0.05, 0) is 6.07 Å². The zero-order valence-electron chi connectivity index (χ0n) is 7.46. The highest BCUT2D eigenvalue weighted by atomic mass is 35.5. The summed E-state index contributed by atoms with van der Waals surface area (Å²) in [4.78, 5) is 4.51. The average Bonchev–Trinajstić information content (AvgIpc) is 2.66. The molecule has 0 fully saturated rings. The van der Waals surface area contributed by atoms with E-state index in [1.165, 1.54) is 0 Å². The van der Waals surface area contributed by atoms with Crippen LogP contribution in [0.4, 0.5) is 0 Å². The summed E-state index contributed by atoms with van der Waals surface area (Å²) in [5, 5.41) is 0.565. The molecule has 0 bridgehead atoms. The molecule has 76 valence electrons. The summed E-state index contributed by atoms with van der Waals surface area (Å²) in [7, 11) is 0. The largest absolute Gasteiger partial charge is 0.453 e. The van der Waals surface area contributed by atoms with E-state index in [1.807, 2.05) is 6.07 Å². The van der Waals surface area contributed by atoms with Crippen LogP contribution < -0.4 is 15.4 Å². The zero-order chi connectivity index (χ0) is 9.97. The molecule has 1 aliphatic rings. The number of ether oxygens (including phenoxy) is 2. The fraction of sp³-hybridized carbons (Fsp3) is 0.333. The van der Waals surface area contributed by atoms with Crippen molar-refractivity contribution < 1.29 is 14.3 Å². The molecule has 4 nitrogen and oxygen atoms in total. The molecule has 0 aliphatic carbocycles. The molecule has 0 amide bonds. The van der Waals surface area contributed by atoms with Crippen molar-refractivity contribution in [3.8, 4) is 11.5 Å². The van der Waals surface area contributed by atoms with Crippen LogP contribution in [-0.2, 0) is 11.3 Å². The summed E-state index contributed by atoms with van der Waals surface area (Å²) in [5.74, 6) is 6.27. The Balaban J connectivity index is 2.29. The summed E-state index contributed by atoms with van der Waals surface area (Å²) in [6.07, 6.45) is 0.680. The van der Waals surface area contributed by atoms with Crippen LogP contribution in [0.1, 0.15) is 5.56 Å². The van der Waals surface area contributed by atoms with E-state index in [9.17, 15) is 0 Å². The molecule has 1 aromatic carbocycles. The Bertz CT molecular complexity index is 343. The summed E-state index contributed by atoms with van der Waals surface area (Å²) in [6, 6.07) is 3.66. The average molecular weight is 216 g/mol. The normalized spacial score (nSPS) is 13.3. The summed E-state index contributed by atoms with van der Waals surface area (Å²) in [5.41, 5.74) is 0.993. The molecule has 0 spiro atoms. The Morgan fingerprint density at radius 1 is 1.36 bits per heavy atom. The topological polar surface area (TPSA) is 53.7 Å². The van der Waals surface area contributed by atoms with Gasteiger partial charge in [0, 0.05) is 12.0 Å². The maximum absolute atomic E-state index is 5.91. The third-order valence-corrected chi connectivity index (χ3v) is 2.34. The van der Waals surface area contributed by atoms with Gasteiger partial charge in [0.2, 0.25) is 6.79 Å². The van der Waals surface area contributed by atoms with Crippen molar-refractivity contribution in [1.82, 2.24) is 0 Å². The first-order chi connectivity index (χ1) is 6.83. The first-order valence-corrected chi connectivity index (χ1v) is 4.59. The first kappa shape index (κ1) is 9.58. The molecule has 0 radical (unpaired) electrons. The fourth-order valence-corrected chi connectivity index (χ4v) is 1.59. The zero-order valence-corrected chi connectivity index (χ0v) is 8.21. The SMILES string of the molecule is NOCCc1ccc(Cl)c2c1OCO2. The van der Waals surface area contributed by atoms with Crippen molar-refractivity contribution in [2.75, 3.05) is 13.4 Å². The van der Waals surface area contributed by atoms with Crippen LogP contribution in [0, 0.1) is 0 Å². The van der Waals surface area contributed by atoms with Gasteiger partial charge in [0.1, 0.15) is 0 Å². The van der Waals surface area contributed by atoms with Crippen LogP contribution in [0.2, 0.25) is 5.02 Å². The van der Waals surface area contributed by atoms with Crippen LogP contribution >= 0.6 is 11.6 Å². The van der Waals surface area contributed by atoms with E-state index in [4.69, 9.17) is 27.0 Å². The van der Waals surface area contributed by atoms with Crippen LogP contribution in [-0.4, -0.2) is 13.4 Å². The Morgan fingerprint density at radius 2 is 2.14 bits per heavy atom. The summed E-state index contributed by atoms with van der Waals surface area (Å²) < 4.78 is 10.5. The van der Waals surface area contributed by atoms with E-state index >= 15 is 0 Å². The highest BCUT2D eigenvalue weighted by Crippen LogP contribution is 2.41. The maximum Gasteiger partial charge on any atom is 0.231 e. The van der Waals surface area contributed by atoms with Crippen molar-refractivity contribution in [2.45, 2.75) is 6.42 Å². The first-order valence-electron chi connectivity index (χ1n) is 4.21. The summed E-state index contributed by atoms with van der Waals surface area (Å²) >= 11 is 5.91. The van der Waals surface area contributed by atoms with Gasteiger partial charge in [0.05, 0.1) is 11.6 Å². The van der Waals surface area contributed by atoms with Crippen LogP contribution in [0.5, 0.6) is 11.5 Å². The second-order valence-electron chi connectivity index (χ2n) is 2.89. The lowest BCUT2D eigenvalue weighted by Gasteiger charge is -2.05. The van der Waals surface area contributed by atoms with Gasteiger partial charge in [-0.3, -0.25) is 0 Å². The van der Waals surface area contributed by atoms with E-state index in [0.717, 1.165) is 5.56 Å². The molecule has 5 heteroatoms. The van der Waals surface area contributed by atoms with Gasteiger partial charge < -0.3 is 14.3 Å². The van der Waals surface area contributed by atoms with Gasteiger partial charge in [0.15, 0.2) is 11.5 Å². The molecular weight excluding hydrogens is 206 g/mol. The van der Waals surface area contributed by atoms with Crippen molar-refractivity contribution in [1.29, 1.82) is 0 Å². The third kappa shape index (κ3) is 1.64. The van der Waals surface area contributed by atoms with E-state index in [2.05, 4.69) is 4.84 Å². The van der Waals surface area contributed by atoms with Gasteiger partial charge in [-0.1, -0.05) is 17.7 Å². The number of halogens is 1. The number of fused-ring (bicyclic) bond motifs is 1.